The van der Waals surface area contributed by atoms with Gasteiger partial charge in [0.1, 0.15) is 6.04 Å². The number of hydrogen-bond donors (Lipinski definition) is 1. The topological polar surface area (TPSA) is 68.3 Å². The Bertz CT molecular complexity index is 1050. The van der Waals surface area contributed by atoms with E-state index in [1.54, 1.807) is 6.07 Å². The van der Waals surface area contributed by atoms with Gasteiger partial charge in [-0.05, 0) is 30.3 Å². The summed E-state index contributed by atoms with van der Waals surface area (Å²) in [6, 6.07) is 13.8. The van der Waals surface area contributed by atoms with Gasteiger partial charge in [0.25, 0.3) is 5.91 Å². The molecule has 1 atom stereocenters. The summed E-state index contributed by atoms with van der Waals surface area (Å²) in [5.74, 6) is -1.53. The van der Waals surface area contributed by atoms with Crippen molar-refractivity contribution in [3.8, 4) is 0 Å². The normalized spacial score (nSPS) is 12.4. The van der Waals surface area contributed by atoms with E-state index in [0.717, 1.165) is 29.1 Å². The number of hydrogen-bond acceptors (Lipinski definition) is 4. The number of para-hydroxylation sites is 1. The molecule has 1 N–H and O–H groups in total. The van der Waals surface area contributed by atoms with Crippen molar-refractivity contribution < 1.29 is 27.5 Å². The highest BCUT2D eigenvalue weighted by atomic mass is 19.4. The second-order valence-electron chi connectivity index (χ2n) is 6.33. The van der Waals surface area contributed by atoms with E-state index in [-0.39, 0.29) is 12.0 Å². The second-order valence-corrected chi connectivity index (χ2v) is 6.33. The summed E-state index contributed by atoms with van der Waals surface area (Å²) in [7, 11) is 1.17. The maximum Gasteiger partial charge on any atom is 0.416 e. The first-order valence-corrected chi connectivity index (χ1v) is 8.68. The lowest BCUT2D eigenvalue weighted by Crippen LogP contribution is -2.43. The number of halogens is 3. The quantitative estimate of drug-likeness (QED) is 0.660. The molecule has 5 nitrogen and oxygen atoms in total. The second kappa shape index (κ2) is 8.30. The molecule has 0 aliphatic rings. The number of esters is 1. The van der Waals surface area contributed by atoms with Crippen LogP contribution in [0, 0.1) is 0 Å². The van der Waals surface area contributed by atoms with Crippen molar-refractivity contribution in [3.05, 3.63) is 77.5 Å². The Labute approximate surface area is 164 Å². The van der Waals surface area contributed by atoms with E-state index < -0.39 is 29.7 Å². The Kier molecular flexibility index (Phi) is 5.81. The van der Waals surface area contributed by atoms with Crippen LogP contribution in [0.3, 0.4) is 0 Å². The molecule has 1 heterocycles. The number of carbonyl (C=O) groups is 2. The van der Waals surface area contributed by atoms with Gasteiger partial charge in [-0.1, -0.05) is 30.3 Å². The third-order valence-corrected chi connectivity index (χ3v) is 4.31. The minimum atomic E-state index is -4.58. The molecule has 1 amide bonds. The van der Waals surface area contributed by atoms with Crippen molar-refractivity contribution in [3.63, 3.8) is 0 Å². The zero-order chi connectivity index (χ0) is 21.0. The molecule has 0 bridgehead atoms. The highest BCUT2D eigenvalue weighted by Gasteiger charge is 2.31. The molecule has 2 aromatic carbocycles. The number of rotatable bonds is 5. The van der Waals surface area contributed by atoms with Crippen LogP contribution in [0.1, 0.15) is 21.6 Å². The van der Waals surface area contributed by atoms with Crippen molar-refractivity contribution >= 4 is 22.8 Å². The maximum absolute atomic E-state index is 12.9. The molecule has 0 saturated carbocycles. The van der Waals surface area contributed by atoms with Crippen LogP contribution >= 0.6 is 0 Å². The molecule has 150 valence electrons. The van der Waals surface area contributed by atoms with Gasteiger partial charge in [0.05, 0.1) is 18.2 Å². The third kappa shape index (κ3) is 4.90. The third-order valence-electron chi connectivity index (χ3n) is 4.31. The predicted molar refractivity (Wildman–Crippen MR) is 100 cm³/mol. The number of amides is 1. The number of fused-ring (bicyclic) bond motifs is 1. The zero-order valence-corrected chi connectivity index (χ0v) is 15.4. The predicted octanol–water partition coefficient (Wildman–Crippen LogP) is 3.77. The van der Waals surface area contributed by atoms with E-state index in [2.05, 4.69) is 10.3 Å². The minimum Gasteiger partial charge on any atom is -0.467 e. The van der Waals surface area contributed by atoms with Crippen molar-refractivity contribution in [2.24, 2.45) is 0 Å². The molecule has 0 aliphatic carbocycles. The van der Waals surface area contributed by atoms with Crippen molar-refractivity contribution in [1.82, 2.24) is 10.3 Å². The van der Waals surface area contributed by atoms with E-state index >= 15 is 0 Å². The molecular weight excluding hydrogens is 385 g/mol. The number of pyridine rings is 1. The van der Waals surface area contributed by atoms with E-state index in [1.807, 2.05) is 30.3 Å². The van der Waals surface area contributed by atoms with Gasteiger partial charge >= 0.3 is 12.1 Å². The summed E-state index contributed by atoms with van der Waals surface area (Å²) in [6.07, 6.45) is -4.55. The van der Waals surface area contributed by atoms with Crippen LogP contribution in [-0.2, 0) is 22.1 Å². The average molecular weight is 402 g/mol. The minimum absolute atomic E-state index is 0.0300. The van der Waals surface area contributed by atoms with Crippen molar-refractivity contribution in [2.75, 3.05) is 7.11 Å². The van der Waals surface area contributed by atoms with Crippen LogP contribution in [0.5, 0.6) is 0 Å². The lowest BCUT2D eigenvalue weighted by molar-refractivity contribution is -0.143. The Balaban J connectivity index is 1.81. The van der Waals surface area contributed by atoms with Gasteiger partial charge in [-0.25, -0.2) is 4.79 Å². The Morgan fingerprint density at radius 2 is 1.83 bits per heavy atom. The standard InChI is InChI=1S/C21H17F3N2O3/c1-29-20(28)18(12-16-10-9-13-5-2-3-8-17(13)25-16)26-19(27)14-6-4-7-15(11-14)21(22,23)24/h2-11,18H,12H2,1H3,(H,26,27)/t18-/m1/s1. The van der Waals surface area contributed by atoms with Gasteiger partial charge in [0.15, 0.2) is 0 Å². The summed E-state index contributed by atoms with van der Waals surface area (Å²) >= 11 is 0. The Morgan fingerprint density at radius 1 is 1.07 bits per heavy atom. The molecule has 0 radical (unpaired) electrons. The molecule has 3 rings (SSSR count). The molecule has 0 fully saturated rings. The van der Waals surface area contributed by atoms with Gasteiger partial charge in [0, 0.05) is 23.1 Å². The molecule has 0 saturated heterocycles. The van der Waals surface area contributed by atoms with E-state index in [9.17, 15) is 22.8 Å². The number of benzene rings is 2. The van der Waals surface area contributed by atoms with Gasteiger partial charge in [0.2, 0.25) is 0 Å². The van der Waals surface area contributed by atoms with Gasteiger partial charge in [-0.15, -0.1) is 0 Å². The maximum atomic E-state index is 12.9. The highest BCUT2D eigenvalue weighted by molar-refractivity contribution is 5.97. The summed E-state index contributed by atoms with van der Waals surface area (Å²) in [5, 5.41) is 3.35. The molecule has 8 heteroatoms. The highest BCUT2D eigenvalue weighted by Crippen LogP contribution is 2.29. The first-order valence-electron chi connectivity index (χ1n) is 8.68. The van der Waals surface area contributed by atoms with E-state index in [4.69, 9.17) is 4.74 Å². The van der Waals surface area contributed by atoms with Crippen molar-refractivity contribution in [2.45, 2.75) is 18.6 Å². The molecule has 0 spiro atoms. The fourth-order valence-electron chi connectivity index (χ4n) is 2.84. The van der Waals surface area contributed by atoms with Gasteiger partial charge in [-0.3, -0.25) is 9.78 Å². The summed E-state index contributed by atoms with van der Waals surface area (Å²) < 4.78 is 43.4. The number of alkyl halides is 3. The van der Waals surface area contributed by atoms with Crippen LogP contribution in [0.4, 0.5) is 13.2 Å². The molecule has 29 heavy (non-hydrogen) atoms. The number of ether oxygens (including phenoxy) is 1. The van der Waals surface area contributed by atoms with E-state index in [1.165, 1.54) is 13.2 Å². The van der Waals surface area contributed by atoms with Crippen LogP contribution in [0.2, 0.25) is 0 Å². The largest absolute Gasteiger partial charge is 0.467 e. The number of carbonyl (C=O) groups excluding carboxylic acids is 2. The van der Waals surface area contributed by atoms with E-state index in [0.29, 0.717) is 5.69 Å². The fourth-order valence-corrected chi connectivity index (χ4v) is 2.84. The monoisotopic (exact) mass is 402 g/mol. The smallest absolute Gasteiger partial charge is 0.416 e. The van der Waals surface area contributed by atoms with Crippen LogP contribution in [0.15, 0.2) is 60.7 Å². The zero-order valence-electron chi connectivity index (χ0n) is 15.4. The van der Waals surface area contributed by atoms with Gasteiger partial charge < -0.3 is 10.1 Å². The van der Waals surface area contributed by atoms with Crippen LogP contribution in [-0.4, -0.2) is 30.0 Å². The first kappa shape index (κ1) is 20.3. The molecule has 0 unspecified atom stereocenters. The number of nitrogens with one attached hydrogen (secondary N) is 1. The Morgan fingerprint density at radius 3 is 2.55 bits per heavy atom. The molecule has 0 aliphatic heterocycles. The Hall–Kier alpha value is -3.42. The van der Waals surface area contributed by atoms with Gasteiger partial charge in [-0.2, -0.15) is 13.2 Å². The number of nitrogens with zero attached hydrogens (tertiary/aromatic N) is 1. The summed E-state index contributed by atoms with van der Waals surface area (Å²) in [4.78, 5) is 29.0. The first-order chi connectivity index (χ1) is 13.8. The average Bonchev–Trinajstić information content (AvgIpc) is 2.72. The lowest BCUT2D eigenvalue weighted by atomic mass is 10.1. The SMILES string of the molecule is COC(=O)[C@@H](Cc1ccc2ccccc2n1)NC(=O)c1cccc(C(F)(F)F)c1. The fraction of sp³-hybridized carbons (Fsp3) is 0.190. The molecule has 3 aromatic rings. The molecule has 1 aromatic heterocycles. The lowest BCUT2D eigenvalue weighted by Gasteiger charge is -2.17. The summed E-state index contributed by atoms with van der Waals surface area (Å²) in [6.45, 7) is 0. The molecular formula is C21H17F3N2O3. The van der Waals surface area contributed by atoms with Crippen LogP contribution < -0.4 is 5.32 Å². The number of methoxy groups -OCH3 is 1. The number of aromatic nitrogens is 1. The summed E-state index contributed by atoms with van der Waals surface area (Å²) in [5.41, 5.74) is 0.0948. The van der Waals surface area contributed by atoms with Crippen LogP contribution in [0.25, 0.3) is 10.9 Å². The van der Waals surface area contributed by atoms with Crippen molar-refractivity contribution in [1.29, 1.82) is 0 Å².